The summed E-state index contributed by atoms with van der Waals surface area (Å²) in [5.74, 6) is 7.82. The summed E-state index contributed by atoms with van der Waals surface area (Å²) in [5.41, 5.74) is 10.1. The van der Waals surface area contributed by atoms with Gasteiger partial charge in [0.15, 0.2) is 6.39 Å². The van der Waals surface area contributed by atoms with Gasteiger partial charge in [0.25, 0.3) is 0 Å². The van der Waals surface area contributed by atoms with Gasteiger partial charge in [0.05, 0.1) is 57.9 Å². The van der Waals surface area contributed by atoms with Crippen LogP contribution in [0.3, 0.4) is 0 Å². The summed E-state index contributed by atoms with van der Waals surface area (Å²) in [6.45, 7) is 59.1. The van der Waals surface area contributed by atoms with Gasteiger partial charge in [-0.05, 0) is 179 Å². The van der Waals surface area contributed by atoms with Crippen molar-refractivity contribution in [1.29, 1.82) is 0 Å². The van der Waals surface area contributed by atoms with Crippen LogP contribution < -0.4 is 0 Å². The van der Waals surface area contributed by atoms with E-state index in [4.69, 9.17) is 20.5 Å². The van der Waals surface area contributed by atoms with Gasteiger partial charge >= 0.3 is 0 Å². The van der Waals surface area contributed by atoms with E-state index in [-0.39, 0.29) is 23.4 Å². The van der Waals surface area contributed by atoms with Crippen molar-refractivity contribution in [1.82, 2.24) is 64.8 Å². The van der Waals surface area contributed by atoms with Gasteiger partial charge in [-0.1, -0.05) is 215 Å². The molecule has 0 unspecified atom stereocenters. The van der Waals surface area contributed by atoms with Crippen molar-refractivity contribution >= 4 is 45.6 Å². The Bertz CT molecular complexity index is 4190. The maximum atomic E-state index is 12.8. The molecule has 0 fully saturated rings. The van der Waals surface area contributed by atoms with Crippen molar-refractivity contribution in [3.63, 3.8) is 0 Å². The van der Waals surface area contributed by atoms with E-state index in [1.165, 1.54) is 84.8 Å². The van der Waals surface area contributed by atoms with Crippen LogP contribution in [0.1, 0.15) is 339 Å². The minimum absolute atomic E-state index is 0.211. The van der Waals surface area contributed by atoms with Crippen LogP contribution in [0.4, 0.5) is 13.2 Å². The standard InChI is InChI=1S/C8H10ClN.3C8H10FN.C8H13NS.3C8H11N.C7H12N2.C7H10S.2C6H9NO.C6H9NS/c2*1-6(2)7-3-8(9)5-10-4-7;1-6(2)7-3-4-10-5-8(7)9;1-6(2)8-4-3-7(9)5-10-8;1-5(2)8-6(3)9-7(4)10-8;1-7(2)8-3-5-9-6-4-8;1-7(2)8-4-3-5-9-6-8;1-7(2)8-5-3-4-6-9-8;1-6(2)7-4-8-9(3)5-7;1-6(2)7-4-3-5-8-7;1-5(2)6-3-7-4-8-6;1-5(2)6-3-4-7-8-6;1-5(2)6-7-3-4-8-6/h4*3-6H,1-2H3;5H,1-4H3;3*3-7H,1-2H3;4-6H,1-3H3;3-6H,1-2H3;3*3-5H,1-2H3. The third-order valence-electron chi connectivity index (χ3n) is 16.5. The van der Waals surface area contributed by atoms with E-state index in [2.05, 4.69) is 236 Å². The minimum Gasteiger partial charge on any atom is -0.448 e. The van der Waals surface area contributed by atoms with Crippen LogP contribution in [0.2, 0.25) is 5.02 Å². The number of thiazole rings is 2. The highest BCUT2D eigenvalue weighted by atomic mass is 35.5. The van der Waals surface area contributed by atoms with Gasteiger partial charge in [-0.2, -0.15) is 5.10 Å². The molecule has 13 aromatic rings. The van der Waals surface area contributed by atoms with E-state index in [1.54, 1.807) is 60.7 Å². The fourth-order valence-electron chi connectivity index (χ4n) is 9.25. The molecular formula is C96H135ClF3N13O2S3. The third-order valence-corrected chi connectivity index (χ3v) is 20.3. The normalized spacial score (nSPS) is 10.4. The predicted octanol–water partition coefficient (Wildman–Crippen LogP) is 29.7. The van der Waals surface area contributed by atoms with Gasteiger partial charge in [0.1, 0.15) is 29.0 Å². The van der Waals surface area contributed by atoms with Gasteiger partial charge in [0.2, 0.25) is 0 Å². The number of halogens is 4. The van der Waals surface area contributed by atoms with Crippen molar-refractivity contribution in [2.45, 2.75) is 271 Å². The lowest BCUT2D eigenvalue weighted by Gasteiger charge is -2.03. The summed E-state index contributed by atoms with van der Waals surface area (Å²) in [6.07, 6.45) is 30.3. The molecule has 13 aromatic heterocycles. The molecule has 0 bridgehead atoms. The van der Waals surface area contributed by atoms with Crippen LogP contribution in [-0.4, -0.2) is 64.8 Å². The molecule has 0 aliphatic heterocycles. The summed E-state index contributed by atoms with van der Waals surface area (Å²) >= 11 is 11.1. The fraction of sp³-hybridized carbons (Fsp3) is 0.438. The molecule has 0 aliphatic rings. The van der Waals surface area contributed by atoms with Gasteiger partial charge in [-0.3, -0.25) is 39.6 Å². The summed E-state index contributed by atoms with van der Waals surface area (Å²) < 4.78 is 49.2. The predicted molar refractivity (Wildman–Crippen MR) is 492 cm³/mol. The van der Waals surface area contributed by atoms with E-state index < -0.39 is 0 Å². The topological polar surface area (TPSA) is 186 Å². The van der Waals surface area contributed by atoms with Crippen LogP contribution in [0, 0.1) is 31.3 Å². The minimum atomic E-state index is -0.274. The van der Waals surface area contributed by atoms with Crippen LogP contribution in [0.5, 0.6) is 0 Å². The Balaban J connectivity index is 0.000000640. The van der Waals surface area contributed by atoms with Gasteiger partial charge in [0, 0.05) is 126 Å². The van der Waals surface area contributed by atoms with Gasteiger partial charge in [-0.25, -0.2) is 28.1 Å². The van der Waals surface area contributed by atoms with Crippen molar-refractivity contribution in [3.05, 3.63) is 318 Å². The molecule has 15 nitrogen and oxygen atoms in total. The molecule has 13 rings (SSSR count). The zero-order valence-electron chi connectivity index (χ0n) is 75.6. The molecule has 0 N–H and O–H groups in total. The lowest BCUT2D eigenvalue weighted by atomic mass is 10.1. The molecule has 0 aromatic carbocycles. The Morgan fingerprint density at radius 2 is 0.983 bits per heavy atom. The van der Waals surface area contributed by atoms with Crippen molar-refractivity contribution in [3.8, 4) is 0 Å². The first-order chi connectivity index (χ1) is 55.7. The second-order valence-corrected chi connectivity index (χ2v) is 34.9. The van der Waals surface area contributed by atoms with Gasteiger partial charge in [-0.15, -0.1) is 34.0 Å². The summed E-state index contributed by atoms with van der Waals surface area (Å²) in [5, 5.41) is 14.9. The highest BCUT2D eigenvalue weighted by Gasteiger charge is 2.09. The highest BCUT2D eigenvalue weighted by molar-refractivity contribution is 7.11. The Labute approximate surface area is 723 Å². The SMILES string of the molecule is CC(C)c1ccc(F)cn1.CC(C)c1ccccn1.CC(C)c1cccnc1.CC(C)c1cccs1.CC(C)c1ccncc1.CC(C)c1ccncc1F.CC(C)c1ccno1.CC(C)c1cncc(Cl)c1.CC(C)c1cncc(F)c1.CC(C)c1cnco1.CC(C)c1cnn(C)c1.CC(C)c1nccs1.Cc1nc(C)c(C(C)C)s1. The number of aromatic nitrogens is 13. The van der Waals surface area contributed by atoms with Gasteiger partial charge < -0.3 is 8.94 Å². The molecule has 22 heteroatoms. The largest absolute Gasteiger partial charge is 0.448 e. The van der Waals surface area contributed by atoms with Crippen LogP contribution in [-0.2, 0) is 7.05 Å². The lowest BCUT2D eigenvalue weighted by Crippen LogP contribution is -1.92. The molecule has 0 saturated heterocycles. The number of hydrogen-bond acceptors (Lipinski definition) is 17. The second kappa shape index (κ2) is 61.1. The summed E-state index contributed by atoms with van der Waals surface area (Å²) in [7, 11) is 1.94. The number of oxazole rings is 1. The van der Waals surface area contributed by atoms with E-state index in [0.717, 1.165) is 34.0 Å². The first-order valence-electron chi connectivity index (χ1n) is 40.5. The highest BCUT2D eigenvalue weighted by Crippen LogP contribution is 2.26. The Kier molecular flexibility index (Phi) is 55.2. The van der Waals surface area contributed by atoms with E-state index in [9.17, 15) is 13.2 Å². The van der Waals surface area contributed by atoms with E-state index in [0.29, 0.717) is 76.0 Å². The average Bonchev–Trinajstić information content (AvgIpc) is 1.70. The summed E-state index contributed by atoms with van der Waals surface area (Å²) in [4.78, 5) is 42.5. The Morgan fingerprint density at radius 3 is 1.29 bits per heavy atom. The number of thiophene rings is 1. The zero-order valence-corrected chi connectivity index (χ0v) is 78.8. The number of pyridine rings is 7. The molecule has 13 heterocycles. The number of aryl methyl sites for hydroxylation is 3. The first kappa shape index (κ1) is 107. The van der Waals surface area contributed by atoms with Crippen molar-refractivity contribution in [2.24, 2.45) is 7.05 Å². The maximum absolute atomic E-state index is 12.8. The number of hydrogen-bond donors (Lipinski definition) is 0. The third kappa shape index (κ3) is 48.6. The van der Waals surface area contributed by atoms with E-state index in [1.807, 2.05) is 179 Å². The quantitative estimate of drug-likeness (QED) is 0.106. The molecule has 0 atom stereocenters. The molecular weight excluding hydrogens is 1560 g/mol. The molecule has 118 heavy (non-hydrogen) atoms. The van der Waals surface area contributed by atoms with Crippen molar-refractivity contribution < 1.29 is 22.1 Å². The zero-order chi connectivity index (χ0) is 88.8. The molecule has 0 aliphatic carbocycles. The first-order valence-corrected chi connectivity index (χ1v) is 43.5. The smallest absolute Gasteiger partial charge is 0.180 e. The summed E-state index contributed by atoms with van der Waals surface area (Å²) in [6, 6.07) is 28.6. The van der Waals surface area contributed by atoms with Crippen molar-refractivity contribution in [2.75, 3.05) is 0 Å². The average molecular weight is 1690 g/mol. The monoisotopic (exact) mass is 1690 g/mol. The fourth-order valence-corrected chi connectivity index (χ4v) is 11.8. The van der Waals surface area contributed by atoms with Crippen LogP contribution in [0.25, 0.3) is 0 Å². The number of rotatable bonds is 13. The van der Waals surface area contributed by atoms with Crippen LogP contribution in [0.15, 0.2) is 222 Å². The Hall–Kier alpha value is -9.28. The second-order valence-electron chi connectivity index (χ2n) is 31.3. The maximum Gasteiger partial charge on any atom is 0.180 e. The molecule has 0 spiro atoms. The number of nitrogens with zero attached hydrogens (tertiary/aromatic N) is 13. The molecule has 642 valence electrons. The lowest BCUT2D eigenvalue weighted by molar-refractivity contribution is 0.371. The van der Waals surface area contributed by atoms with E-state index >= 15 is 0 Å². The molecule has 0 saturated carbocycles. The van der Waals surface area contributed by atoms with Crippen LogP contribution >= 0.6 is 45.6 Å². The molecule has 0 radical (unpaired) electrons. The Morgan fingerprint density at radius 1 is 0.390 bits per heavy atom. The molecule has 0 amide bonds.